The normalized spacial score (nSPS) is 22.7. The number of halogens is 2. The van der Waals surface area contributed by atoms with Gasteiger partial charge in [-0.3, -0.25) is 9.78 Å². The minimum atomic E-state index is -2.58. The molecule has 2 aliphatic rings. The summed E-state index contributed by atoms with van der Waals surface area (Å²) in [4.78, 5) is 18.6. The predicted molar refractivity (Wildman–Crippen MR) is 74.8 cm³/mol. The summed E-state index contributed by atoms with van der Waals surface area (Å²) in [6, 6.07) is 0. The van der Waals surface area contributed by atoms with Crippen LogP contribution in [0.1, 0.15) is 42.5 Å². The number of likely N-dealkylation sites (tertiary alicyclic amines) is 1. The zero-order valence-corrected chi connectivity index (χ0v) is 12.0. The number of amides is 1. The van der Waals surface area contributed by atoms with Crippen molar-refractivity contribution in [3.05, 3.63) is 30.4 Å². The van der Waals surface area contributed by atoms with E-state index in [1.54, 1.807) is 28.0 Å². The van der Waals surface area contributed by atoms with Gasteiger partial charge in [0.15, 0.2) is 0 Å². The van der Waals surface area contributed by atoms with Crippen LogP contribution < -0.4 is 0 Å². The quantitative estimate of drug-likeness (QED) is 0.813. The van der Waals surface area contributed by atoms with Crippen molar-refractivity contribution in [3.8, 4) is 0 Å². The second-order valence-electron chi connectivity index (χ2n) is 6.25. The van der Waals surface area contributed by atoms with Crippen molar-refractivity contribution < 1.29 is 13.6 Å². The third-order valence-electron chi connectivity index (χ3n) is 5.09. The SMILES string of the molecule is O=C(c1cnn2ccncc12)N1CCC12CCC(F)(F)CC2. The van der Waals surface area contributed by atoms with Gasteiger partial charge in [0, 0.05) is 37.3 Å². The maximum atomic E-state index is 13.4. The van der Waals surface area contributed by atoms with Gasteiger partial charge in [0.25, 0.3) is 5.91 Å². The van der Waals surface area contributed by atoms with E-state index in [2.05, 4.69) is 10.1 Å². The van der Waals surface area contributed by atoms with E-state index in [1.807, 2.05) is 0 Å². The van der Waals surface area contributed by atoms with Crippen LogP contribution in [0.3, 0.4) is 0 Å². The molecule has 5 nitrogen and oxygen atoms in total. The molecule has 116 valence electrons. The van der Waals surface area contributed by atoms with Crippen molar-refractivity contribution in [1.29, 1.82) is 0 Å². The van der Waals surface area contributed by atoms with Gasteiger partial charge in [-0.15, -0.1) is 0 Å². The molecule has 1 amide bonds. The molecule has 0 atom stereocenters. The molecule has 1 saturated carbocycles. The Morgan fingerprint density at radius 1 is 1.14 bits per heavy atom. The molecule has 1 aliphatic heterocycles. The maximum absolute atomic E-state index is 13.4. The molecule has 4 rings (SSSR count). The van der Waals surface area contributed by atoms with Gasteiger partial charge in [0.05, 0.1) is 23.5 Å². The molecule has 1 saturated heterocycles. The Bertz CT molecular complexity index is 732. The molecule has 0 aromatic carbocycles. The summed E-state index contributed by atoms with van der Waals surface area (Å²) in [5.41, 5.74) is 0.759. The number of fused-ring (bicyclic) bond motifs is 1. The Balaban J connectivity index is 1.61. The van der Waals surface area contributed by atoms with E-state index < -0.39 is 5.92 Å². The molecule has 22 heavy (non-hydrogen) atoms. The average Bonchev–Trinajstić information content (AvgIpc) is 2.90. The van der Waals surface area contributed by atoms with Gasteiger partial charge in [-0.25, -0.2) is 13.3 Å². The van der Waals surface area contributed by atoms with Crippen molar-refractivity contribution in [2.45, 2.75) is 43.6 Å². The Labute approximate surface area is 125 Å². The number of alkyl halides is 2. The Morgan fingerprint density at radius 3 is 2.59 bits per heavy atom. The molecule has 1 aliphatic carbocycles. The van der Waals surface area contributed by atoms with E-state index in [0.717, 1.165) is 6.42 Å². The first kappa shape index (κ1) is 13.6. The van der Waals surface area contributed by atoms with Crippen LogP contribution in [-0.2, 0) is 0 Å². The first-order valence-corrected chi connectivity index (χ1v) is 7.48. The summed E-state index contributed by atoms with van der Waals surface area (Å²) in [5.74, 6) is -2.70. The first-order chi connectivity index (χ1) is 10.5. The molecular weight excluding hydrogens is 290 g/mol. The van der Waals surface area contributed by atoms with Gasteiger partial charge < -0.3 is 4.90 Å². The van der Waals surface area contributed by atoms with E-state index in [9.17, 15) is 13.6 Å². The van der Waals surface area contributed by atoms with Crippen molar-refractivity contribution in [2.75, 3.05) is 6.54 Å². The van der Waals surface area contributed by atoms with Crippen LogP contribution in [0, 0.1) is 0 Å². The number of hydrogen-bond donors (Lipinski definition) is 0. The van der Waals surface area contributed by atoms with Crippen molar-refractivity contribution in [1.82, 2.24) is 19.5 Å². The lowest BCUT2D eigenvalue weighted by Gasteiger charge is -2.55. The highest BCUT2D eigenvalue weighted by Gasteiger charge is 2.53. The van der Waals surface area contributed by atoms with Crippen LogP contribution in [0.2, 0.25) is 0 Å². The fourth-order valence-corrected chi connectivity index (χ4v) is 3.60. The summed E-state index contributed by atoms with van der Waals surface area (Å²) in [6.45, 7) is 0.627. The number of carbonyl (C=O) groups excluding carboxylic acids is 1. The summed E-state index contributed by atoms with van der Waals surface area (Å²) >= 11 is 0. The van der Waals surface area contributed by atoms with Crippen molar-refractivity contribution in [2.24, 2.45) is 0 Å². The van der Waals surface area contributed by atoms with Gasteiger partial charge in [0.2, 0.25) is 5.92 Å². The second kappa shape index (κ2) is 4.47. The molecule has 7 heteroatoms. The second-order valence-corrected chi connectivity index (χ2v) is 6.25. The van der Waals surface area contributed by atoms with Crippen LogP contribution in [0.4, 0.5) is 8.78 Å². The van der Waals surface area contributed by atoms with Gasteiger partial charge >= 0.3 is 0 Å². The van der Waals surface area contributed by atoms with Crippen molar-refractivity contribution in [3.63, 3.8) is 0 Å². The third kappa shape index (κ3) is 1.91. The lowest BCUT2D eigenvalue weighted by molar-refractivity contribution is -0.104. The number of aromatic nitrogens is 3. The van der Waals surface area contributed by atoms with Crippen LogP contribution in [0.25, 0.3) is 5.52 Å². The highest BCUT2D eigenvalue weighted by Crippen LogP contribution is 2.48. The average molecular weight is 306 g/mol. The Kier molecular flexibility index (Phi) is 2.76. The van der Waals surface area contributed by atoms with E-state index in [-0.39, 0.29) is 24.3 Å². The lowest BCUT2D eigenvalue weighted by atomic mass is 9.71. The standard InChI is InChI=1S/C15H16F2N4O/c16-15(17)3-1-14(2-4-15)5-7-20(14)13(22)11-9-19-21-8-6-18-10-12(11)21/h6,8-10H,1-5,7H2. The molecule has 2 aromatic rings. The number of nitrogens with zero attached hydrogens (tertiary/aromatic N) is 4. The molecular formula is C15H16F2N4O. The number of carbonyl (C=O) groups is 1. The molecule has 0 radical (unpaired) electrons. The van der Waals surface area contributed by atoms with Crippen LogP contribution in [0.5, 0.6) is 0 Å². The lowest BCUT2D eigenvalue weighted by Crippen LogP contribution is -2.64. The first-order valence-electron chi connectivity index (χ1n) is 7.48. The fourth-order valence-electron chi connectivity index (χ4n) is 3.60. The van der Waals surface area contributed by atoms with Crippen LogP contribution in [-0.4, -0.2) is 43.4 Å². The molecule has 0 N–H and O–H groups in total. The van der Waals surface area contributed by atoms with Crippen molar-refractivity contribution >= 4 is 11.4 Å². The largest absolute Gasteiger partial charge is 0.333 e. The van der Waals surface area contributed by atoms with Gasteiger partial charge in [-0.05, 0) is 19.3 Å². The fraction of sp³-hybridized carbons (Fsp3) is 0.533. The monoisotopic (exact) mass is 306 g/mol. The zero-order valence-electron chi connectivity index (χ0n) is 12.0. The molecule has 0 unspecified atom stereocenters. The van der Waals surface area contributed by atoms with Gasteiger partial charge in [-0.1, -0.05) is 0 Å². The Morgan fingerprint density at radius 2 is 1.91 bits per heavy atom. The molecule has 0 bridgehead atoms. The molecule has 3 heterocycles. The van der Waals surface area contributed by atoms with E-state index >= 15 is 0 Å². The molecule has 2 fully saturated rings. The highest BCUT2D eigenvalue weighted by atomic mass is 19.3. The maximum Gasteiger partial charge on any atom is 0.258 e. The molecule has 1 spiro atoms. The highest BCUT2D eigenvalue weighted by molar-refractivity contribution is 6.01. The number of rotatable bonds is 1. The van der Waals surface area contributed by atoms with Crippen LogP contribution in [0.15, 0.2) is 24.8 Å². The summed E-state index contributed by atoms with van der Waals surface area (Å²) in [7, 11) is 0. The van der Waals surface area contributed by atoms with Gasteiger partial charge in [-0.2, -0.15) is 5.10 Å². The molecule has 2 aromatic heterocycles. The Hall–Kier alpha value is -2.05. The predicted octanol–water partition coefficient (Wildman–Crippen LogP) is 2.52. The minimum absolute atomic E-state index is 0.125. The third-order valence-corrected chi connectivity index (χ3v) is 5.09. The minimum Gasteiger partial charge on any atom is -0.333 e. The van der Waals surface area contributed by atoms with Gasteiger partial charge in [0.1, 0.15) is 0 Å². The van der Waals surface area contributed by atoms with E-state index in [4.69, 9.17) is 0 Å². The zero-order chi connectivity index (χ0) is 15.4. The number of hydrogen-bond acceptors (Lipinski definition) is 3. The van der Waals surface area contributed by atoms with Crippen LogP contribution >= 0.6 is 0 Å². The smallest absolute Gasteiger partial charge is 0.258 e. The van der Waals surface area contributed by atoms with E-state index in [0.29, 0.717) is 30.5 Å². The summed E-state index contributed by atoms with van der Waals surface area (Å²) in [5, 5.41) is 4.15. The van der Waals surface area contributed by atoms with E-state index in [1.165, 1.54) is 6.20 Å². The summed E-state index contributed by atoms with van der Waals surface area (Å²) in [6.07, 6.45) is 7.71. The summed E-state index contributed by atoms with van der Waals surface area (Å²) < 4.78 is 28.4. The topological polar surface area (TPSA) is 50.5 Å².